The highest BCUT2D eigenvalue weighted by Gasteiger charge is 2.18. The van der Waals surface area contributed by atoms with Crippen LogP contribution < -0.4 is 4.90 Å². The molecule has 0 aliphatic carbocycles. The van der Waals surface area contributed by atoms with Gasteiger partial charge in [-0.1, -0.05) is 30.5 Å². The first-order valence-corrected chi connectivity index (χ1v) is 8.20. The Hall–Kier alpha value is -1.84. The summed E-state index contributed by atoms with van der Waals surface area (Å²) in [4.78, 5) is 27.9. The van der Waals surface area contributed by atoms with Crippen molar-refractivity contribution in [2.24, 2.45) is 0 Å². The highest BCUT2D eigenvalue weighted by molar-refractivity contribution is 5.92. The maximum absolute atomic E-state index is 12.4. The van der Waals surface area contributed by atoms with E-state index in [9.17, 15) is 9.59 Å². The van der Waals surface area contributed by atoms with Crippen molar-refractivity contribution in [1.29, 1.82) is 0 Å². The van der Waals surface area contributed by atoms with Crippen molar-refractivity contribution in [2.75, 3.05) is 24.5 Å². The van der Waals surface area contributed by atoms with Crippen molar-refractivity contribution in [3.05, 3.63) is 29.8 Å². The van der Waals surface area contributed by atoms with Crippen LogP contribution in [0.15, 0.2) is 24.3 Å². The summed E-state index contributed by atoms with van der Waals surface area (Å²) in [6, 6.07) is 7.85. The molecule has 1 heterocycles. The molecule has 0 saturated carbocycles. The second-order valence-electron chi connectivity index (χ2n) is 6.05. The summed E-state index contributed by atoms with van der Waals surface area (Å²) in [6.07, 6.45) is 5.02. The Morgan fingerprint density at radius 1 is 1.05 bits per heavy atom. The van der Waals surface area contributed by atoms with Crippen molar-refractivity contribution >= 4 is 17.5 Å². The summed E-state index contributed by atoms with van der Waals surface area (Å²) in [5, 5.41) is 0. The van der Waals surface area contributed by atoms with Gasteiger partial charge in [0.1, 0.15) is 0 Å². The van der Waals surface area contributed by atoms with Gasteiger partial charge in [0.15, 0.2) is 0 Å². The number of carbonyl (C=O) groups excluding carboxylic acids is 2. The zero-order chi connectivity index (χ0) is 15.9. The number of anilines is 1. The van der Waals surface area contributed by atoms with E-state index in [-0.39, 0.29) is 11.8 Å². The third-order valence-corrected chi connectivity index (χ3v) is 4.23. The van der Waals surface area contributed by atoms with Gasteiger partial charge in [0, 0.05) is 38.7 Å². The van der Waals surface area contributed by atoms with E-state index in [1.807, 2.05) is 36.1 Å². The maximum Gasteiger partial charge on any atom is 0.224 e. The second kappa shape index (κ2) is 7.97. The van der Waals surface area contributed by atoms with E-state index in [0.29, 0.717) is 13.0 Å². The van der Waals surface area contributed by atoms with Gasteiger partial charge >= 0.3 is 0 Å². The predicted molar refractivity (Wildman–Crippen MR) is 88.9 cm³/mol. The normalized spacial score (nSPS) is 15.3. The van der Waals surface area contributed by atoms with E-state index >= 15 is 0 Å². The maximum atomic E-state index is 12.4. The number of amides is 2. The lowest BCUT2D eigenvalue weighted by atomic mass is 10.2. The molecule has 4 nitrogen and oxygen atoms in total. The molecule has 2 amide bonds. The number of benzene rings is 1. The summed E-state index contributed by atoms with van der Waals surface area (Å²) >= 11 is 0. The number of hydrogen-bond donors (Lipinski definition) is 0. The van der Waals surface area contributed by atoms with Gasteiger partial charge < -0.3 is 9.80 Å². The first kappa shape index (κ1) is 16.5. The topological polar surface area (TPSA) is 40.6 Å². The van der Waals surface area contributed by atoms with E-state index in [4.69, 9.17) is 0 Å². The lowest BCUT2D eigenvalue weighted by molar-refractivity contribution is -0.131. The quantitative estimate of drug-likeness (QED) is 0.857. The van der Waals surface area contributed by atoms with E-state index in [1.54, 1.807) is 11.8 Å². The lowest BCUT2D eigenvalue weighted by Gasteiger charge is -2.24. The van der Waals surface area contributed by atoms with Crippen LogP contribution in [-0.4, -0.2) is 36.3 Å². The van der Waals surface area contributed by atoms with Gasteiger partial charge in [0.05, 0.1) is 0 Å². The molecule has 0 bridgehead atoms. The minimum Gasteiger partial charge on any atom is -0.343 e. The monoisotopic (exact) mass is 302 g/mol. The van der Waals surface area contributed by atoms with E-state index in [1.165, 1.54) is 12.8 Å². The van der Waals surface area contributed by atoms with Crippen molar-refractivity contribution in [2.45, 2.75) is 46.0 Å². The molecule has 1 aliphatic rings. The van der Waals surface area contributed by atoms with Crippen LogP contribution in [0.4, 0.5) is 5.69 Å². The zero-order valence-electron chi connectivity index (χ0n) is 13.7. The van der Waals surface area contributed by atoms with Gasteiger partial charge in [0.25, 0.3) is 0 Å². The Kier molecular flexibility index (Phi) is 5.99. The smallest absolute Gasteiger partial charge is 0.224 e. The molecule has 4 heteroatoms. The van der Waals surface area contributed by atoms with Gasteiger partial charge in [-0.25, -0.2) is 0 Å². The lowest BCUT2D eigenvalue weighted by Crippen LogP contribution is -2.36. The molecule has 1 saturated heterocycles. The summed E-state index contributed by atoms with van der Waals surface area (Å²) in [6.45, 7) is 5.75. The highest BCUT2D eigenvalue weighted by atomic mass is 16.2. The van der Waals surface area contributed by atoms with E-state index in [0.717, 1.165) is 37.2 Å². The third kappa shape index (κ3) is 4.58. The Labute approximate surface area is 133 Å². The fourth-order valence-electron chi connectivity index (χ4n) is 2.88. The summed E-state index contributed by atoms with van der Waals surface area (Å²) in [7, 11) is 0. The summed E-state index contributed by atoms with van der Waals surface area (Å²) in [5.41, 5.74) is 2.02. The van der Waals surface area contributed by atoms with Gasteiger partial charge in [-0.2, -0.15) is 0 Å². The Morgan fingerprint density at radius 3 is 2.18 bits per heavy atom. The van der Waals surface area contributed by atoms with Crippen LogP contribution in [0.2, 0.25) is 0 Å². The van der Waals surface area contributed by atoms with Crippen molar-refractivity contribution < 1.29 is 9.59 Å². The molecule has 1 aromatic carbocycles. The fourth-order valence-corrected chi connectivity index (χ4v) is 2.88. The largest absolute Gasteiger partial charge is 0.343 e. The molecule has 1 fully saturated rings. The molecule has 0 unspecified atom stereocenters. The summed E-state index contributed by atoms with van der Waals surface area (Å²) < 4.78 is 0. The molecule has 1 aromatic rings. The van der Waals surface area contributed by atoms with Crippen molar-refractivity contribution in [1.82, 2.24) is 4.90 Å². The molecule has 0 aromatic heterocycles. The Morgan fingerprint density at radius 2 is 1.64 bits per heavy atom. The Balaban J connectivity index is 1.95. The SMILES string of the molecule is CC(=O)N(CCC(=O)N1CCCCCC1)c1ccc(C)cc1. The fraction of sp³-hybridized carbons (Fsp3) is 0.556. The van der Waals surface area contributed by atoms with Crippen molar-refractivity contribution in [3.63, 3.8) is 0 Å². The van der Waals surface area contributed by atoms with Gasteiger partial charge in [-0.05, 0) is 31.9 Å². The zero-order valence-corrected chi connectivity index (χ0v) is 13.7. The number of likely N-dealkylation sites (tertiary alicyclic amines) is 1. The standard InChI is InChI=1S/C18H26N2O2/c1-15-7-9-17(10-8-15)20(16(2)21)14-11-18(22)19-12-5-3-4-6-13-19/h7-10H,3-6,11-14H2,1-2H3. The molecular weight excluding hydrogens is 276 g/mol. The van der Waals surface area contributed by atoms with Crippen LogP contribution in [-0.2, 0) is 9.59 Å². The number of aryl methyl sites for hydroxylation is 1. The molecule has 0 spiro atoms. The molecule has 0 radical (unpaired) electrons. The van der Waals surface area contributed by atoms with E-state index in [2.05, 4.69) is 0 Å². The van der Waals surface area contributed by atoms with Crippen LogP contribution in [0.3, 0.4) is 0 Å². The first-order chi connectivity index (χ1) is 10.6. The molecule has 2 rings (SSSR count). The molecule has 120 valence electrons. The number of rotatable bonds is 4. The first-order valence-electron chi connectivity index (χ1n) is 8.20. The molecule has 22 heavy (non-hydrogen) atoms. The minimum absolute atomic E-state index is 0.0208. The highest BCUT2D eigenvalue weighted by Crippen LogP contribution is 2.17. The number of carbonyl (C=O) groups is 2. The van der Waals surface area contributed by atoms with Crippen LogP contribution in [0, 0.1) is 6.92 Å². The average molecular weight is 302 g/mol. The summed E-state index contributed by atoms with van der Waals surface area (Å²) in [5.74, 6) is 0.146. The van der Waals surface area contributed by atoms with Crippen LogP contribution in [0.1, 0.15) is 44.6 Å². The van der Waals surface area contributed by atoms with Gasteiger partial charge in [-0.3, -0.25) is 9.59 Å². The number of hydrogen-bond acceptors (Lipinski definition) is 2. The van der Waals surface area contributed by atoms with Gasteiger partial charge in [0.2, 0.25) is 11.8 Å². The Bertz CT molecular complexity index is 502. The van der Waals surface area contributed by atoms with Crippen LogP contribution in [0.5, 0.6) is 0 Å². The van der Waals surface area contributed by atoms with Crippen molar-refractivity contribution in [3.8, 4) is 0 Å². The predicted octanol–water partition coefficient (Wildman–Crippen LogP) is 3.14. The van der Waals surface area contributed by atoms with Gasteiger partial charge in [-0.15, -0.1) is 0 Å². The van der Waals surface area contributed by atoms with Crippen LogP contribution in [0.25, 0.3) is 0 Å². The number of nitrogens with zero attached hydrogens (tertiary/aromatic N) is 2. The third-order valence-electron chi connectivity index (χ3n) is 4.23. The average Bonchev–Trinajstić information content (AvgIpc) is 2.78. The molecule has 0 atom stereocenters. The van der Waals surface area contributed by atoms with Crippen LogP contribution >= 0.6 is 0 Å². The minimum atomic E-state index is -0.0208. The molecule has 0 N–H and O–H groups in total. The molecule has 1 aliphatic heterocycles. The molecular formula is C18H26N2O2. The van der Waals surface area contributed by atoms with E-state index < -0.39 is 0 Å². The second-order valence-corrected chi connectivity index (χ2v) is 6.05.